The number of nitrogens with one attached hydrogen (secondary N) is 1. The molecule has 0 saturated carbocycles. The maximum atomic E-state index is 11.8. The van der Waals surface area contributed by atoms with Gasteiger partial charge in [-0.2, -0.15) is 0 Å². The number of amides is 1. The Kier molecular flexibility index (Phi) is 5.74. The Balaban J connectivity index is 1.82. The average Bonchev–Trinajstić information content (AvgIpc) is 2.55. The highest BCUT2D eigenvalue weighted by atomic mass is 16.5. The molecule has 0 atom stereocenters. The summed E-state index contributed by atoms with van der Waals surface area (Å²) in [6, 6.07) is 14.6. The fraction of sp³-hybridized carbons (Fsp3) is 0.222. The minimum atomic E-state index is -0.478. The van der Waals surface area contributed by atoms with Crippen LogP contribution in [0.4, 0.5) is 5.69 Å². The van der Waals surface area contributed by atoms with Gasteiger partial charge < -0.3 is 14.8 Å². The molecule has 0 aliphatic heterocycles. The number of para-hydroxylation sites is 1. The number of esters is 1. The summed E-state index contributed by atoms with van der Waals surface area (Å²) >= 11 is 0. The van der Waals surface area contributed by atoms with Gasteiger partial charge in [0.15, 0.2) is 6.61 Å². The summed E-state index contributed by atoms with van der Waals surface area (Å²) in [4.78, 5) is 23.6. The van der Waals surface area contributed by atoms with E-state index in [4.69, 9.17) is 9.47 Å². The van der Waals surface area contributed by atoms with Crippen molar-refractivity contribution in [1.82, 2.24) is 0 Å². The normalized spacial score (nSPS) is 10.0. The molecule has 0 bridgehead atoms. The monoisotopic (exact) mass is 313 g/mol. The van der Waals surface area contributed by atoms with Crippen molar-refractivity contribution in [3.63, 3.8) is 0 Å². The fourth-order valence-electron chi connectivity index (χ4n) is 2.04. The second-order valence-corrected chi connectivity index (χ2v) is 5.06. The number of rotatable bonds is 6. The average molecular weight is 313 g/mol. The zero-order chi connectivity index (χ0) is 16.7. The van der Waals surface area contributed by atoms with E-state index in [1.165, 1.54) is 0 Å². The molecule has 0 saturated heterocycles. The third-order valence-electron chi connectivity index (χ3n) is 3.23. The number of hydrogen-bond acceptors (Lipinski definition) is 4. The van der Waals surface area contributed by atoms with Gasteiger partial charge in [-0.05, 0) is 25.1 Å². The zero-order valence-electron chi connectivity index (χ0n) is 13.2. The molecule has 2 aromatic carbocycles. The predicted molar refractivity (Wildman–Crippen MR) is 87.5 cm³/mol. The number of hydrogen-bond donors (Lipinski definition) is 1. The van der Waals surface area contributed by atoms with Crippen LogP contribution in [0.2, 0.25) is 0 Å². The molecule has 2 aromatic rings. The number of ether oxygens (including phenoxy) is 2. The van der Waals surface area contributed by atoms with Gasteiger partial charge in [-0.1, -0.05) is 35.9 Å². The first kappa shape index (κ1) is 16.5. The van der Waals surface area contributed by atoms with Crippen LogP contribution in [-0.2, 0) is 20.7 Å². The first-order chi connectivity index (χ1) is 11.1. The van der Waals surface area contributed by atoms with Crippen molar-refractivity contribution in [2.75, 3.05) is 19.0 Å². The van der Waals surface area contributed by atoms with Crippen LogP contribution in [0.1, 0.15) is 11.1 Å². The second-order valence-electron chi connectivity index (χ2n) is 5.06. The molecule has 120 valence electrons. The van der Waals surface area contributed by atoms with E-state index in [1.54, 1.807) is 31.4 Å². The van der Waals surface area contributed by atoms with Gasteiger partial charge in [-0.3, -0.25) is 9.59 Å². The first-order valence-corrected chi connectivity index (χ1v) is 7.22. The van der Waals surface area contributed by atoms with Gasteiger partial charge in [0, 0.05) is 11.3 Å². The quantitative estimate of drug-likeness (QED) is 0.833. The lowest BCUT2D eigenvalue weighted by molar-refractivity contribution is -0.146. The zero-order valence-corrected chi connectivity index (χ0v) is 13.2. The molecule has 1 N–H and O–H groups in total. The van der Waals surface area contributed by atoms with Gasteiger partial charge in [0.05, 0.1) is 13.5 Å². The molecule has 2 rings (SSSR count). The van der Waals surface area contributed by atoms with Crippen LogP contribution < -0.4 is 10.1 Å². The Labute approximate surface area is 135 Å². The molecule has 0 aliphatic rings. The summed E-state index contributed by atoms with van der Waals surface area (Å²) in [6.45, 7) is 1.65. The lowest BCUT2D eigenvalue weighted by atomic mass is 10.1. The summed E-state index contributed by atoms with van der Waals surface area (Å²) < 4.78 is 10.2. The smallest absolute Gasteiger partial charge is 0.310 e. The second kappa shape index (κ2) is 7.98. The van der Waals surface area contributed by atoms with Crippen molar-refractivity contribution in [1.29, 1.82) is 0 Å². The van der Waals surface area contributed by atoms with Crippen molar-refractivity contribution in [2.24, 2.45) is 0 Å². The van der Waals surface area contributed by atoms with Crippen molar-refractivity contribution in [3.05, 3.63) is 59.7 Å². The van der Waals surface area contributed by atoms with Gasteiger partial charge in [0.2, 0.25) is 0 Å². The maximum Gasteiger partial charge on any atom is 0.310 e. The highest BCUT2D eigenvalue weighted by Crippen LogP contribution is 2.18. The first-order valence-electron chi connectivity index (χ1n) is 7.22. The Bertz CT molecular complexity index is 680. The van der Waals surface area contributed by atoms with Crippen LogP contribution >= 0.6 is 0 Å². The van der Waals surface area contributed by atoms with Crippen LogP contribution in [0.5, 0.6) is 5.75 Å². The molecule has 0 heterocycles. The van der Waals surface area contributed by atoms with E-state index in [2.05, 4.69) is 5.32 Å². The van der Waals surface area contributed by atoms with Crippen LogP contribution in [0.15, 0.2) is 48.5 Å². The molecule has 0 radical (unpaired) electrons. The molecule has 0 aromatic heterocycles. The van der Waals surface area contributed by atoms with E-state index >= 15 is 0 Å². The molecule has 0 aliphatic carbocycles. The van der Waals surface area contributed by atoms with Crippen LogP contribution in [-0.4, -0.2) is 25.6 Å². The molecule has 23 heavy (non-hydrogen) atoms. The van der Waals surface area contributed by atoms with Crippen molar-refractivity contribution in [2.45, 2.75) is 13.3 Å². The number of carbonyl (C=O) groups is 2. The number of methoxy groups -OCH3 is 1. The summed E-state index contributed by atoms with van der Waals surface area (Å²) in [5, 5.41) is 2.67. The van der Waals surface area contributed by atoms with Crippen molar-refractivity contribution in [3.8, 4) is 5.75 Å². The molecule has 1 amide bonds. The topological polar surface area (TPSA) is 64.6 Å². The standard InChI is InChI=1S/C18H19NO4/c1-13-7-9-15(10-8-13)19-17(20)12-23-18(21)11-14-5-3-4-6-16(14)22-2/h3-10H,11-12H2,1-2H3,(H,19,20). The summed E-state index contributed by atoms with van der Waals surface area (Å²) in [5.41, 5.74) is 2.49. The molecule has 5 nitrogen and oxygen atoms in total. The highest BCUT2D eigenvalue weighted by Gasteiger charge is 2.11. The van der Waals surface area contributed by atoms with Crippen molar-refractivity contribution < 1.29 is 19.1 Å². The summed E-state index contributed by atoms with van der Waals surface area (Å²) in [5.74, 6) is -0.232. The minimum Gasteiger partial charge on any atom is -0.496 e. The van der Waals surface area contributed by atoms with E-state index in [9.17, 15) is 9.59 Å². The molecular weight excluding hydrogens is 294 g/mol. The van der Waals surface area contributed by atoms with Gasteiger partial charge in [-0.15, -0.1) is 0 Å². The number of anilines is 1. The Morgan fingerprint density at radius 3 is 2.43 bits per heavy atom. The maximum absolute atomic E-state index is 11.8. The largest absolute Gasteiger partial charge is 0.496 e. The number of carbonyl (C=O) groups excluding carboxylic acids is 2. The predicted octanol–water partition coefficient (Wildman–Crippen LogP) is 2.73. The van der Waals surface area contributed by atoms with Crippen LogP contribution in [0.3, 0.4) is 0 Å². The molecule has 0 unspecified atom stereocenters. The molecule has 0 spiro atoms. The van der Waals surface area contributed by atoms with Gasteiger partial charge in [0.25, 0.3) is 5.91 Å². The third kappa shape index (κ3) is 5.14. The van der Waals surface area contributed by atoms with Crippen LogP contribution in [0.25, 0.3) is 0 Å². The fourth-order valence-corrected chi connectivity index (χ4v) is 2.04. The van der Waals surface area contributed by atoms with E-state index in [0.717, 1.165) is 11.1 Å². The van der Waals surface area contributed by atoms with Crippen molar-refractivity contribution >= 4 is 17.6 Å². The lowest BCUT2D eigenvalue weighted by Crippen LogP contribution is -2.21. The lowest BCUT2D eigenvalue weighted by Gasteiger charge is -2.09. The van der Waals surface area contributed by atoms with Gasteiger partial charge >= 0.3 is 5.97 Å². The minimum absolute atomic E-state index is 0.0574. The highest BCUT2D eigenvalue weighted by molar-refractivity contribution is 5.92. The molecule has 5 heteroatoms. The van der Waals surface area contributed by atoms with Crippen LogP contribution in [0, 0.1) is 6.92 Å². The molecule has 0 fully saturated rings. The number of aryl methyl sites for hydroxylation is 1. The summed E-state index contributed by atoms with van der Waals surface area (Å²) in [6.07, 6.45) is 0.0574. The SMILES string of the molecule is COc1ccccc1CC(=O)OCC(=O)Nc1ccc(C)cc1. The van der Waals surface area contributed by atoms with E-state index in [0.29, 0.717) is 11.4 Å². The van der Waals surface area contributed by atoms with E-state index in [1.807, 2.05) is 31.2 Å². The Morgan fingerprint density at radius 1 is 1.04 bits per heavy atom. The van der Waals surface area contributed by atoms with E-state index < -0.39 is 5.97 Å². The number of benzene rings is 2. The Hall–Kier alpha value is -2.82. The molecular formula is C18H19NO4. The van der Waals surface area contributed by atoms with E-state index in [-0.39, 0.29) is 18.9 Å². The Morgan fingerprint density at radius 2 is 1.74 bits per heavy atom. The van der Waals surface area contributed by atoms with Gasteiger partial charge in [-0.25, -0.2) is 0 Å². The third-order valence-corrected chi connectivity index (χ3v) is 3.23. The summed E-state index contributed by atoms with van der Waals surface area (Å²) in [7, 11) is 1.54. The van der Waals surface area contributed by atoms with Gasteiger partial charge in [0.1, 0.15) is 5.75 Å².